The number of hydrogen-bond acceptors (Lipinski definition) is 5. The zero-order valence-corrected chi connectivity index (χ0v) is 17.6. The van der Waals surface area contributed by atoms with Crippen LogP contribution in [0.25, 0.3) is 0 Å². The molecule has 29 heavy (non-hydrogen) atoms. The number of methoxy groups -OCH3 is 1. The summed E-state index contributed by atoms with van der Waals surface area (Å²) >= 11 is 0. The Morgan fingerprint density at radius 1 is 1.03 bits per heavy atom. The first-order valence-electron chi connectivity index (χ1n) is 10.5. The largest absolute Gasteiger partial charge is 0.465 e. The number of esters is 2. The number of hydrogen-bond donors (Lipinski definition) is 2. The fourth-order valence-electron chi connectivity index (χ4n) is 6.26. The van der Waals surface area contributed by atoms with Crippen molar-refractivity contribution in [2.45, 2.75) is 70.9 Å². The number of aromatic nitrogens is 1. The maximum Gasteiger partial charge on any atom is 0.355 e. The van der Waals surface area contributed by atoms with E-state index < -0.39 is 18.0 Å². The molecule has 0 radical (unpaired) electrons. The van der Waals surface area contributed by atoms with Crippen molar-refractivity contribution in [1.82, 2.24) is 10.3 Å². The molecule has 1 aromatic rings. The number of aryl methyl sites for hydroxylation is 1. The minimum Gasteiger partial charge on any atom is -0.465 e. The van der Waals surface area contributed by atoms with Crippen LogP contribution in [0, 0.1) is 31.6 Å². The van der Waals surface area contributed by atoms with Gasteiger partial charge in [0.1, 0.15) is 5.69 Å². The summed E-state index contributed by atoms with van der Waals surface area (Å²) in [6.07, 6.45) is 6.13. The second-order valence-electron chi connectivity index (χ2n) is 9.35. The molecule has 0 saturated heterocycles. The summed E-state index contributed by atoms with van der Waals surface area (Å²) in [5.74, 6) is 0.772. The van der Waals surface area contributed by atoms with Gasteiger partial charge in [-0.05, 0) is 82.6 Å². The Labute approximate surface area is 170 Å². The van der Waals surface area contributed by atoms with Gasteiger partial charge >= 0.3 is 11.9 Å². The summed E-state index contributed by atoms with van der Waals surface area (Å²) in [7, 11) is 1.29. The standard InChI is InChI=1S/C22H30N2O5/c1-11-17(20(26)28-4)12(2)23-18(11)21(27)29-13(3)19(25)24-22-8-14-5-15(9-22)7-16(6-14)10-22/h13-16,23H,5-10H2,1-4H3,(H,24,25)/t13-,14?,15?,16?,22?/m0/s1. The zero-order chi connectivity index (χ0) is 20.9. The van der Waals surface area contributed by atoms with E-state index in [1.54, 1.807) is 20.8 Å². The molecule has 5 rings (SSSR count). The zero-order valence-electron chi connectivity index (χ0n) is 17.6. The summed E-state index contributed by atoms with van der Waals surface area (Å²) in [6, 6.07) is 0. The molecule has 1 atom stereocenters. The molecule has 1 amide bonds. The summed E-state index contributed by atoms with van der Waals surface area (Å²) in [5.41, 5.74) is 1.38. The van der Waals surface area contributed by atoms with Crippen LogP contribution in [0.4, 0.5) is 0 Å². The molecule has 4 aliphatic carbocycles. The Hall–Kier alpha value is -2.31. The Kier molecular flexibility index (Phi) is 4.95. The molecule has 4 bridgehead atoms. The highest BCUT2D eigenvalue weighted by molar-refractivity contribution is 5.99. The Morgan fingerprint density at radius 3 is 2.10 bits per heavy atom. The van der Waals surface area contributed by atoms with Crippen LogP contribution in [0.2, 0.25) is 0 Å². The van der Waals surface area contributed by atoms with Gasteiger partial charge in [-0.1, -0.05) is 0 Å². The molecule has 2 N–H and O–H groups in total. The average Bonchev–Trinajstić information content (AvgIpc) is 2.94. The first-order valence-corrected chi connectivity index (χ1v) is 10.5. The lowest BCUT2D eigenvalue weighted by Gasteiger charge is -2.57. The van der Waals surface area contributed by atoms with E-state index in [-0.39, 0.29) is 17.1 Å². The lowest BCUT2D eigenvalue weighted by Crippen LogP contribution is -2.61. The van der Waals surface area contributed by atoms with E-state index in [2.05, 4.69) is 10.3 Å². The van der Waals surface area contributed by atoms with E-state index in [1.165, 1.54) is 26.4 Å². The minimum atomic E-state index is -0.903. The predicted molar refractivity (Wildman–Crippen MR) is 106 cm³/mol. The lowest BCUT2D eigenvalue weighted by molar-refractivity contribution is -0.134. The highest BCUT2D eigenvalue weighted by atomic mass is 16.5. The SMILES string of the molecule is COC(=O)c1c(C)[nH]c(C(=O)O[C@@H](C)C(=O)NC23CC4CC(CC(C4)C2)C3)c1C. The second kappa shape index (κ2) is 7.18. The highest BCUT2D eigenvalue weighted by Gasteiger charge is 2.51. The van der Waals surface area contributed by atoms with Crippen molar-refractivity contribution in [2.24, 2.45) is 17.8 Å². The molecule has 1 aromatic heterocycles. The number of carbonyl (C=O) groups is 3. The van der Waals surface area contributed by atoms with Crippen LogP contribution in [-0.4, -0.2) is 41.6 Å². The highest BCUT2D eigenvalue weighted by Crippen LogP contribution is 2.55. The van der Waals surface area contributed by atoms with Gasteiger partial charge in [-0.25, -0.2) is 9.59 Å². The van der Waals surface area contributed by atoms with Gasteiger partial charge in [0.2, 0.25) is 0 Å². The van der Waals surface area contributed by atoms with Crippen molar-refractivity contribution < 1.29 is 23.9 Å². The van der Waals surface area contributed by atoms with Crippen LogP contribution in [0.1, 0.15) is 77.6 Å². The van der Waals surface area contributed by atoms with Crippen LogP contribution in [0.3, 0.4) is 0 Å². The van der Waals surface area contributed by atoms with Crippen molar-refractivity contribution in [3.05, 3.63) is 22.5 Å². The molecule has 1 heterocycles. The smallest absolute Gasteiger partial charge is 0.355 e. The molecule has 0 aliphatic heterocycles. The van der Waals surface area contributed by atoms with Gasteiger partial charge in [0, 0.05) is 11.2 Å². The van der Waals surface area contributed by atoms with Gasteiger partial charge in [0.25, 0.3) is 5.91 Å². The molecule has 0 spiro atoms. The van der Waals surface area contributed by atoms with E-state index in [9.17, 15) is 14.4 Å². The predicted octanol–water partition coefficient (Wildman–Crippen LogP) is 3.05. The van der Waals surface area contributed by atoms with Gasteiger partial charge in [-0.3, -0.25) is 4.79 Å². The number of ether oxygens (including phenoxy) is 2. The van der Waals surface area contributed by atoms with Gasteiger partial charge in [0.05, 0.1) is 12.7 Å². The van der Waals surface area contributed by atoms with Crippen molar-refractivity contribution in [1.29, 1.82) is 0 Å². The van der Waals surface area contributed by atoms with E-state index in [0.29, 0.717) is 16.8 Å². The molecule has 158 valence electrons. The first-order chi connectivity index (χ1) is 13.7. The summed E-state index contributed by atoms with van der Waals surface area (Å²) in [6.45, 7) is 4.95. The maximum atomic E-state index is 12.8. The third-order valence-electron chi connectivity index (χ3n) is 7.11. The van der Waals surface area contributed by atoms with Crippen LogP contribution < -0.4 is 5.32 Å². The van der Waals surface area contributed by atoms with Crippen molar-refractivity contribution in [3.8, 4) is 0 Å². The summed E-state index contributed by atoms with van der Waals surface area (Å²) in [5, 5.41) is 3.24. The van der Waals surface area contributed by atoms with E-state index in [1.807, 2.05) is 0 Å². The normalized spacial score (nSPS) is 30.7. The van der Waals surface area contributed by atoms with Crippen molar-refractivity contribution in [2.75, 3.05) is 7.11 Å². The Bertz CT molecular complexity index is 820. The number of aromatic amines is 1. The van der Waals surface area contributed by atoms with Gasteiger partial charge in [0.15, 0.2) is 6.10 Å². The summed E-state index contributed by atoms with van der Waals surface area (Å²) < 4.78 is 10.2. The van der Waals surface area contributed by atoms with Crippen LogP contribution in [-0.2, 0) is 14.3 Å². The molecule has 7 nitrogen and oxygen atoms in total. The molecule has 0 aromatic carbocycles. The van der Waals surface area contributed by atoms with Gasteiger partial charge < -0.3 is 19.8 Å². The number of nitrogens with one attached hydrogen (secondary N) is 2. The number of H-pyrrole nitrogens is 1. The monoisotopic (exact) mass is 402 g/mol. The fourth-order valence-corrected chi connectivity index (χ4v) is 6.26. The molecule has 0 unspecified atom stereocenters. The van der Waals surface area contributed by atoms with E-state index >= 15 is 0 Å². The van der Waals surface area contributed by atoms with Gasteiger partial charge in [-0.15, -0.1) is 0 Å². The summed E-state index contributed by atoms with van der Waals surface area (Å²) in [4.78, 5) is 40.3. The van der Waals surface area contributed by atoms with E-state index in [0.717, 1.165) is 37.0 Å². The van der Waals surface area contributed by atoms with Crippen LogP contribution in [0.5, 0.6) is 0 Å². The molecule has 4 aliphatic rings. The van der Waals surface area contributed by atoms with Gasteiger partial charge in [-0.2, -0.15) is 0 Å². The third-order valence-corrected chi connectivity index (χ3v) is 7.11. The Morgan fingerprint density at radius 2 is 1.59 bits per heavy atom. The van der Waals surface area contributed by atoms with E-state index in [4.69, 9.17) is 9.47 Å². The quantitative estimate of drug-likeness (QED) is 0.738. The molecule has 4 saturated carbocycles. The minimum absolute atomic E-state index is 0.122. The number of rotatable bonds is 5. The Balaban J connectivity index is 1.42. The topological polar surface area (TPSA) is 97.5 Å². The van der Waals surface area contributed by atoms with Crippen LogP contribution >= 0.6 is 0 Å². The van der Waals surface area contributed by atoms with Crippen molar-refractivity contribution in [3.63, 3.8) is 0 Å². The molecule has 4 fully saturated rings. The number of amides is 1. The molecular weight excluding hydrogens is 372 g/mol. The molecular formula is C22H30N2O5. The van der Waals surface area contributed by atoms with Crippen LogP contribution in [0.15, 0.2) is 0 Å². The second-order valence-corrected chi connectivity index (χ2v) is 9.35. The average molecular weight is 402 g/mol. The molecule has 7 heteroatoms. The first kappa shape index (κ1) is 20.0. The fraction of sp³-hybridized carbons (Fsp3) is 0.682. The number of carbonyl (C=O) groups excluding carboxylic acids is 3. The van der Waals surface area contributed by atoms with Crippen molar-refractivity contribution >= 4 is 17.8 Å². The third kappa shape index (κ3) is 3.55. The lowest BCUT2D eigenvalue weighted by atomic mass is 9.53. The maximum absolute atomic E-state index is 12.8.